The number of fused-ring (bicyclic) bond motifs is 1. The quantitative estimate of drug-likeness (QED) is 0.549. The van der Waals surface area contributed by atoms with Gasteiger partial charge in [-0.15, -0.1) is 0 Å². The maximum Gasteiger partial charge on any atom is 0.0655 e. The molecule has 2 rings (SSSR count). The van der Waals surface area contributed by atoms with E-state index in [2.05, 4.69) is 6.07 Å². The first-order chi connectivity index (χ1) is 5.90. The Kier molecular flexibility index (Phi) is 2.32. The molecule has 12 heavy (non-hydrogen) atoms. The summed E-state index contributed by atoms with van der Waals surface area (Å²) in [7, 11) is 0. The first-order valence-electron chi connectivity index (χ1n) is 4.87. The number of nitriles is 1. The van der Waals surface area contributed by atoms with Crippen molar-refractivity contribution in [1.29, 1.82) is 5.26 Å². The Bertz CT molecular complexity index is 197. The van der Waals surface area contributed by atoms with Gasteiger partial charge >= 0.3 is 0 Å². The Morgan fingerprint density at radius 2 is 2.08 bits per heavy atom. The normalized spacial score (nSPS) is 41.4. The Labute approximate surface area is 73.5 Å². The molecule has 0 aromatic rings. The second-order valence-electron chi connectivity index (χ2n) is 4.02. The van der Waals surface area contributed by atoms with E-state index in [9.17, 15) is 0 Å². The van der Waals surface area contributed by atoms with Crippen LogP contribution in [0.3, 0.4) is 0 Å². The molecule has 0 amide bonds. The van der Waals surface area contributed by atoms with Crippen molar-refractivity contribution in [3.05, 3.63) is 0 Å². The standard InChI is InChI=1S/C10H15NO/c11-6-8-1-2-10-7-12-4-3-9(10)5-8/h8-10H,1-5,7H2. The van der Waals surface area contributed by atoms with Gasteiger partial charge in [0.15, 0.2) is 0 Å². The van der Waals surface area contributed by atoms with Gasteiger partial charge in [0.05, 0.1) is 6.07 Å². The third kappa shape index (κ3) is 1.47. The van der Waals surface area contributed by atoms with Gasteiger partial charge in [-0.3, -0.25) is 0 Å². The molecule has 3 atom stereocenters. The summed E-state index contributed by atoms with van der Waals surface area (Å²) in [6.45, 7) is 1.86. The van der Waals surface area contributed by atoms with Crippen LogP contribution in [0.15, 0.2) is 0 Å². The Balaban J connectivity index is 1.95. The van der Waals surface area contributed by atoms with E-state index in [0.717, 1.165) is 37.9 Å². The van der Waals surface area contributed by atoms with Gasteiger partial charge < -0.3 is 4.74 Å². The SMILES string of the molecule is N#CC1CCC2COCCC2C1. The molecule has 0 N–H and O–H groups in total. The highest BCUT2D eigenvalue weighted by Crippen LogP contribution is 2.37. The molecule has 1 saturated heterocycles. The molecule has 0 bridgehead atoms. The highest BCUT2D eigenvalue weighted by atomic mass is 16.5. The summed E-state index contributed by atoms with van der Waals surface area (Å²) in [5, 5.41) is 8.80. The van der Waals surface area contributed by atoms with Crippen molar-refractivity contribution in [3.63, 3.8) is 0 Å². The van der Waals surface area contributed by atoms with Crippen LogP contribution in [-0.4, -0.2) is 13.2 Å². The first-order valence-corrected chi connectivity index (χ1v) is 4.87. The molecule has 2 fully saturated rings. The lowest BCUT2D eigenvalue weighted by atomic mass is 9.73. The number of hydrogen-bond acceptors (Lipinski definition) is 2. The van der Waals surface area contributed by atoms with Gasteiger partial charge in [-0.1, -0.05) is 0 Å². The van der Waals surface area contributed by atoms with Gasteiger partial charge in [-0.2, -0.15) is 5.26 Å². The Hall–Kier alpha value is -0.550. The molecule has 0 aromatic carbocycles. The second kappa shape index (κ2) is 3.45. The number of ether oxygens (including phenoxy) is 1. The van der Waals surface area contributed by atoms with Gasteiger partial charge in [-0.25, -0.2) is 0 Å². The van der Waals surface area contributed by atoms with Crippen molar-refractivity contribution >= 4 is 0 Å². The minimum Gasteiger partial charge on any atom is -0.381 e. The van der Waals surface area contributed by atoms with E-state index in [0.29, 0.717) is 5.92 Å². The molecule has 0 radical (unpaired) electrons. The first kappa shape index (κ1) is 8.07. The number of hydrogen-bond donors (Lipinski definition) is 0. The lowest BCUT2D eigenvalue weighted by molar-refractivity contribution is -0.00771. The average molecular weight is 165 g/mol. The fourth-order valence-electron chi connectivity index (χ4n) is 2.49. The fraction of sp³-hybridized carbons (Fsp3) is 0.900. The van der Waals surface area contributed by atoms with Gasteiger partial charge in [0, 0.05) is 19.1 Å². The van der Waals surface area contributed by atoms with E-state index in [1.165, 1.54) is 12.8 Å². The van der Waals surface area contributed by atoms with Crippen LogP contribution in [0, 0.1) is 29.1 Å². The van der Waals surface area contributed by atoms with Gasteiger partial charge in [0.2, 0.25) is 0 Å². The van der Waals surface area contributed by atoms with Crippen LogP contribution < -0.4 is 0 Å². The molecule has 1 heterocycles. The van der Waals surface area contributed by atoms with E-state index in [1.54, 1.807) is 0 Å². The van der Waals surface area contributed by atoms with Crippen molar-refractivity contribution < 1.29 is 4.74 Å². The van der Waals surface area contributed by atoms with E-state index < -0.39 is 0 Å². The van der Waals surface area contributed by atoms with Crippen molar-refractivity contribution in [2.75, 3.05) is 13.2 Å². The molecular weight excluding hydrogens is 150 g/mol. The van der Waals surface area contributed by atoms with Gasteiger partial charge in [0.25, 0.3) is 0 Å². The summed E-state index contributed by atoms with van der Waals surface area (Å²) in [4.78, 5) is 0. The molecule has 1 aliphatic carbocycles. The smallest absolute Gasteiger partial charge is 0.0655 e. The van der Waals surface area contributed by atoms with Crippen molar-refractivity contribution in [2.45, 2.75) is 25.7 Å². The lowest BCUT2D eigenvalue weighted by Gasteiger charge is -2.36. The predicted octanol–water partition coefficient (Wildman–Crippen LogP) is 1.96. The zero-order valence-corrected chi connectivity index (χ0v) is 7.33. The zero-order chi connectivity index (χ0) is 8.39. The third-order valence-electron chi connectivity index (χ3n) is 3.29. The summed E-state index contributed by atoms with van der Waals surface area (Å²) in [5.41, 5.74) is 0. The molecule has 1 aliphatic heterocycles. The molecule has 2 nitrogen and oxygen atoms in total. The fourth-order valence-corrected chi connectivity index (χ4v) is 2.49. The number of nitrogens with zero attached hydrogens (tertiary/aromatic N) is 1. The summed E-state index contributed by atoms with van der Waals surface area (Å²) in [6, 6.07) is 2.40. The van der Waals surface area contributed by atoms with Gasteiger partial charge in [0.1, 0.15) is 0 Å². The van der Waals surface area contributed by atoms with Crippen molar-refractivity contribution in [1.82, 2.24) is 0 Å². The van der Waals surface area contributed by atoms with Crippen molar-refractivity contribution in [2.24, 2.45) is 17.8 Å². The maximum atomic E-state index is 8.80. The second-order valence-corrected chi connectivity index (χ2v) is 4.02. The van der Waals surface area contributed by atoms with Crippen LogP contribution >= 0.6 is 0 Å². The lowest BCUT2D eigenvalue weighted by Crippen LogP contribution is -2.32. The van der Waals surface area contributed by atoms with Crippen LogP contribution in [0.25, 0.3) is 0 Å². The predicted molar refractivity (Wildman–Crippen MR) is 45.4 cm³/mol. The molecule has 2 heteroatoms. The number of rotatable bonds is 0. The largest absolute Gasteiger partial charge is 0.381 e. The zero-order valence-electron chi connectivity index (χ0n) is 7.33. The van der Waals surface area contributed by atoms with Crippen LogP contribution in [0.2, 0.25) is 0 Å². The van der Waals surface area contributed by atoms with E-state index in [-0.39, 0.29) is 0 Å². The molecule has 3 unspecified atom stereocenters. The van der Waals surface area contributed by atoms with Crippen molar-refractivity contribution in [3.8, 4) is 6.07 Å². The average Bonchev–Trinajstić information content (AvgIpc) is 2.17. The Morgan fingerprint density at radius 1 is 1.17 bits per heavy atom. The molecule has 0 aromatic heterocycles. The van der Waals surface area contributed by atoms with Gasteiger partial charge in [-0.05, 0) is 37.5 Å². The summed E-state index contributed by atoms with van der Waals surface area (Å²) in [5.74, 6) is 1.89. The molecule has 1 saturated carbocycles. The molecule has 0 spiro atoms. The van der Waals surface area contributed by atoms with Crippen LogP contribution in [0.5, 0.6) is 0 Å². The van der Waals surface area contributed by atoms with Crippen LogP contribution in [0.4, 0.5) is 0 Å². The highest BCUT2D eigenvalue weighted by molar-refractivity contribution is 4.91. The summed E-state index contributed by atoms with van der Waals surface area (Å²) < 4.78 is 5.42. The molecule has 66 valence electrons. The monoisotopic (exact) mass is 165 g/mol. The van der Waals surface area contributed by atoms with E-state index in [1.807, 2.05) is 0 Å². The molecule has 2 aliphatic rings. The van der Waals surface area contributed by atoms with E-state index in [4.69, 9.17) is 10.00 Å². The summed E-state index contributed by atoms with van der Waals surface area (Å²) in [6.07, 6.45) is 4.62. The third-order valence-corrected chi connectivity index (χ3v) is 3.29. The van der Waals surface area contributed by atoms with Crippen LogP contribution in [0.1, 0.15) is 25.7 Å². The highest BCUT2D eigenvalue weighted by Gasteiger charge is 2.32. The minimum absolute atomic E-state index is 0.337. The Morgan fingerprint density at radius 3 is 2.92 bits per heavy atom. The summed E-state index contributed by atoms with van der Waals surface area (Å²) >= 11 is 0. The topological polar surface area (TPSA) is 33.0 Å². The maximum absolute atomic E-state index is 8.80. The van der Waals surface area contributed by atoms with E-state index >= 15 is 0 Å². The van der Waals surface area contributed by atoms with Crippen LogP contribution in [-0.2, 0) is 4.74 Å². The molecular formula is C10H15NO. The minimum atomic E-state index is 0.337.